The summed E-state index contributed by atoms with van der Waals surface area (Å²) in [5.74, 6) is 0.00818. The van der Waals surface area contributed by atoms with Crippen molar-refractivity contribution in [3.8, 4) is 0 Å². The lowest BCUT2D eigenvalue weighted by Gasteiger charge is -2.27. The number of carbonyl (C=O) groups excluding carboxylic acids is 2. The fraction of sp³-hybridized carbons (Fsp3) is 0.833. The second kappa shape index (κ2) is 5.49. The topological polar surface area (TPSA) is 60.9 Å². The first-order chi connectivity index (χ1) is 8.24. The Morgan fingerprint density at radius 3 is 2.47 bits per heavy atom. The van der Waals surface area contributed by atoms with Gasteiger partial charge in [0.1, 0.15) is 6.04 Å². The largest absolute Gasteiger partial charge is 0.396 e. The fourth-order valence-electron chi connectivity index (χ4n) is 2.71. The molecule has 0 aromatic carbocycles. The molecule has 1 unspecified atom stereocenters. The molecule has 2 aliphatic rings. The van der Waals surface area contributed by atoms with Gasteiger partial charge >= 0.3 is 0 Å². The minimum atomic E-state index is -0.271. The number of carbonyl (C=O) groups is 2. The Bertz CT molecular complexity index is 300. The molecule has 2 heterocycles. The number of likely N-dealkylation sites (tertiary alicyclic amines) is 2. The Hall–Kier alpha value is -1.10. The first kappa shape index (κ1) is 12.4. The van der Waals surface area contributed by atoms with Crippen LogP contribution in [0, 0.1) is 0 Å². The Morgan fingerprint density at radius 1 is 1.12 bits per heavy atom. The highest BCUT2D eigenvalue weighted by atomic mass is 16.3. The van der Waals surface area contributed by atoms with Crippen LogP contribution in [0.1, 0.15) is 32.1 Å². The molecule has 2 aliphatic heterocycles. The molecular weight excluding hydrogens is 220 g/mol. The summed E-state index contributed by atoms with van der Waals surface area (Å²) in [6, 6.07) is -0.271. The second-order valence-corrected chi connectivity index (χ2v) is 4.75. The zero-order chi connectivity index (χ0) is 12.3. The minimum absolute atomic E-state index is 0.0949. The summed E-state index contributed by atoms with van der Waals surface area (Å²) in [5.41, 5.74) is 0. The number of nitrogens with zero attached hydrogens (tertiary/aromatic N) is 2. The molecule has 0 radical (unpaired) electrons. The molecule has 5 heteroatoms. The van der Waals surface area contributed by atoms with Crippen molar-refractivity contribution in [2.24, 2.45) is 0 Å². The summed E-state index contributed by atoms with van der Waals surface area (Å²) in [5, 5.41) is 8.79. The molecule has 2 rings (SSSR count). The van der Waals surface area contributed by atoms with E-state index in [4.69, 9.17) is 5.11 Å². The molecule has 0 aliphatic carbocycles. The third-order valence-electron chi connectivity index (χ3n) is 3.60. The van der Waals surface area contributed by atoms with Crippen LogP contribution in [0.25, 0.3) is 0 Å². The second-order valence-electron chi connectivity index (χ2n) is 4.75. The van der Waals surface area contributed by atoms with Gasteiger partial charge < -0.3 is 14.9 Å². The molecule has 0 bridgehead atoms. The van der Waals surface area contributed by atoms with E-state index in [1.165, 1.54) is 0 Å². The van der Waals surface area contributed by atoms with E-state index in [2.05, 4.69) is 0 Å². The molecule has 1 atom stereocenters. The molecule has 0 saturated carbocycles. The first-order valence-electron chi connectivity index (χ1n) is 6.43. The number of aliphatic hydroxyl groups excluding tert-OH is 1. The molecule has 0 spiro atoms. The summed E-state index contributed by atoms with van der Waals surface area (Å²) in [7, 11) is 0. The number of rotatable bonds is 3. The molecule has 1 N–H and O–H groups in total. The number of hydrogen-bond donors (Lipinski definition) is 1. The van der Waals surface area contributed by atoms with Gasteiger partial charge in [0.05, 0.1) is 6.61 Å². The predicted octanol–water partition coefficient (Wildman–Crippen LogP) is -0.0178. The van der Waals surface area contributed by atoms with E-state index in [1.807, 2.05) is 4.90 Å². The van der Waals surface area contributed by atoms with E-state index >= 15 is 0 Å². The van der Waals surface area contributed by atoms with Gasteiger partial charge in [0, 0.05) is 26.1 Å². The zero-order valence-electron chi connectivity index (χ0n) is 10.1. The third kappa shape index (κ3) is 2.60. The lowest BCUT2D eigenvalue weighted by Crippen LogP contribution is -2.47. The van der Waals surface area contributed by atoms with E-state index in [-0.39, 0.29) is 30.9 Å². The molecule has 96 valence electrons. The van der Waals surface area contributed by atoms with Crippen molar-refractivity contribution < 1.29 is 14.7 Å². The zero-order valence-corrected chi connectivity index (χ0v) is 10.1. The van der Waals surface area contributed by atoms with Crippen molar-refractivity contribution >= 4 is 11.8 Å². The van der Waals surface area contributed by atoms with Gasteiger partial charge in [-0.25, -0.2) is 0 Å². The number of aliphatic hydroxyl groups is 1. The van der Waals surface area contributed by atoms with Crippen molar-refractivity contribution in [3.63, 3.8) is 0 Å². The quantitative estimate of drug-likeness (QED) is 0.754. The normalized spacial score (nSPS) is 24.4. The molecule has 17 heavy (non-hydrogen) atoms. The van der Waals surface area contributed by atoms with Gasteiger partial charge in [-0.15, -0.1) is 0 Å². The van der Waals surface area contributed by atoms with Gasteiger partial charge in [-0.05, 0) is 25.7 Å². The molecule has 2 fully saturated rings. The average Bonchev–Trinajstić information content (AvgIpc) is 3.00. The Labute approximate surface area is 101 Å². The predicted molar refractivity (Wildman–Crippen MR) is 62.3 cm³/mol. The summed E-state index contributed by atoms with van der Waals surface area (Å²) in [6.07, 6.45) is 3.93. The maximum atomic E-state index is 12.2. The lowest BCUT2D eigenvalue weighted by atomic mass is 10.2. The van der Waals surface area contributed by atoms with Gasteiger partial charge in [0.2, 0.25) is 11.8 Å². The molecule has 0 aromatic heterocycles. The van der Waals surface area contributed by atoms with Gasteiger partial charge in [0.15, 0.2) is 0 Å². The monoisotopic (exact) mass is 240 g/mol. The van der Waals surface area contributed by atoms with Gasteiger partial charge in [-0.3, -0.25) is 9.59 Å². The lowest BCUT2D eigenvalue weighted by molar-refractivity contribution is -0.143. The maximum absolute atomic E-state index is 12.2. The molecular formula is C12H20N2O3. The van der Waals surface area contributed by atoms with Crippen molar-refractivity contribution in [2.75, 3.05) is 26.2 Å². The van der Waals surface area contributed by atoms with Gasteiger partial charge in [0.25, 0.3) is 0 Å². The van der Waals surface area contributed by atoms with E-state index in [0.29, 0.717) is 6.54 Å². The van der Waals surface area contributed by atoms with E-state index in [9.17, 15) is 9.59 Å². The van der Waals surface area contributed by atoms with E-state index < -0.39 is 0 Å². The van der Waals surface area contributed by atoms with Crippen molar-refractivity contribution in [1.82, 2.24) is 9.80 Å². The van der Waals surface area contributed by atoms with Gasteiger partial charge in [-0.2, -0.15) is 0 Å². The average molecular weight is 240 g/mol. The van der Waals surface area contributed by atoms with Crippen LogP contribution >= 0.6 is 0 Å². The van der Waals surface area contributed by atoms with E-state index in [1.54, 1.807) is 4.90 Å². The van der Waals surface area contributed by atoms with Crippen LogP contribution in [0.4, 0.5) is 0 Å². The van der Waals surface area contributed by atoms with Crippen molar-refractivity contribution in [2.45, 2.75) is 38.1 Å². The van der Waals surface area contributed by atoms with Crippen LogP contribution < -0.4 is 0 Å². The van der Waals surface area contributed by atoms with Gasteiger partial charge in [-0.1, -0.05) is 0 Å². The summed E-state index contributed by atoms with van der Waals surface area (Å²) in [4.78, 5) is 27.5. The highest BCUT2D eigenvalue weighted by Gasteiger charge is 2.36. The molecule has 2 amide bonds. The van der Waals surface area contributed by atoms with Crippen LogP contribution in [0.2, 0.25) is 0 Å². The molecule has 5 nitrogen and oxygen atoms in total. The smallest absolute Gasteiger partial charge is 0.245 e. The Kier molecular flexibility index (Phi) is 3.99. The van der Waals surface area contributed by atoms with Crippen LogP contribution in [0.5, 0.6) is 0 Å². The van der Waals surface area contributed by atoms with Crippen LogP contribution in [-0.4, -0.2) is 59.0 Å². The Morgan fingerprint density at radius 2 is 1.82 bits per heavy atom. The molecule has 2 saturated heterocycles. The highest BCUT2D eigenvalue weighted by Crippen LogP contribution is 2.22. The summed E-state index contributed by atoms with van der Waals surface area (Å²) >= 11 is 0. The van der Waals surface area contributed by atoms with E-state index in [0.717, 1.165) is 38.8 Å². The van der Waals surface area contributed by atoms with Crippen molar-refractivity contribution in [1.29, 1.82) is 0 Å². The van der Waals surface area contributed by atoms with Crippen LogP contribution in [0.15, 0.2) is 0 Å². The minimum Gasteiger partial charge on any atom is -0.396 e. The maximum Gasteiger partial charge on any atom is 0.245 e. The molecule has 0 aromatic rings. The number of amides is 2. The third-order valence-corrected chi connectivity index (χ3v) is 3.60. The fourth-order valence-corrected chi connectivity index (χ4v) is 2.71. The van der Waals surface area contributed by atoms with Crippen LogP contribution in [-0.2, 0) is 9.59 Å². The highest BCUT2D eigenvalue weighted by molar-refractivity contribution is 5.88. The summed E-state index contributed by atoms with van der Waals surface area (Å²) in [6.45, 7) is 2.18. The van der Waals surface area contributed by atoms with Crippen molar-refractivity contribution in [3.05, 3.63) is 0 Å². The summed E-state index contributed by atoms with van der Waals surface area (Å²) < 4.78 is 0. The Balaban J connectivity index is 1.98. The first-order valence-corrected chi connectivity index (χ1v) is 6.43. The number of hydrogen-bond acceptors (Lipinski definition) is 3. The SMILES string of the molecule is O=C(C1CCCN1C(=O)CCO)N1CCCC1. The standard InChI is InChI=1S/C12H20N2O3/c15-9-5-11(16)14-8-3-4-10(14)12(17)13-6-1-2-7-13/h10,15H,1-9H2. The van der Waals surface area contributed by atoms with Crippen LogP contribution in [0.3, 0.4) is 0 Å².